The van der Waals surface area contributed by atoms with E-state index >= 15 is 0 Å². The van der Waals surface area contributed by atoms with Gasteiger partial charge in [-0.05, 0) is 44.2 Å². The van der Waals surface area contributed by atoms with E-state index in [1.165, 1.54) is 24.2 Å². The van der Waals surface area contributed by atoms with Crippen molar-refractivity contribution in [2.24, 2.45) is 0 Å². The molecule has 0 atom stereocenters. The van der Waals surface area contributed by atoms with Crippen LogP contribution in [-0.2, 0) is 4.79 Å². The molecule has 3 heterocycles. The molecule has 1 aromatic carbocycles. The molecule has 0 unspecified atom stereocenters. The Bertz CT molecular complexity index is 664. The van der Waals surface area contributed by atoms with Crippen molar-refractivity contribution < 1.29 is 14.1 Å². The number of quaternary nitrogens is 1. The Morgan fingerprint density at radius 3 is 2.67 bits per heavy atom. The third-order valence-electron chi connectivity index (χ3n) is 5.47. The van der Waals surface area contributed by atoms with Gasteiger partial charge in [-0.3, -0.25) is 4.79 Å². The Kier molecular flexibility index (Phi) is 4.52. The summed E-state index contributed by atoms with van der Waals surface area (Å²) < 4.78 is 5.91. The molecular formula is C19H26N3O2+. The van der Waals surface area contributed by atoms with Crippen molar-refractivity contribution in [3.05, 3.63) is 30.2 Å². The van der Waals surface area contributed by atoms with Crippen molar-refractivity contribution in [3.63, 3.8) is 0 Å². The van der Waals surface area contributed by atoms with Crippen LogP contribution in [0.5, 0.6) is 0 Å². The first-order valence-electron chi connectivity index (χ1n) is 9.26. The van der Waals surface area contributed by atoms with Gasteiger partial charge in [0, 0.05) is 19.0 Å². The van der Waals surface area contributed by atoms with Crippen molar-refractivity contribution in [2.45, 2.75) is 38.0 Å². The molecule has 5 heteroatoms. The van der Waals surface area contributed by atoms with Gasteiger partial charge in [-0.25, -0.2) is 4.98 Å². The largest absolute Gasteiger partial charge is 0.440 e. The van der Waals surface area contributed by atoms with Gasteiger partial charge in [0.05, 0.1) is 13.1 Å². The molecule has 1 N–H and O–H groups in total. The zero-order valence-corrected chi connectivity index (χ0v) is 14.2. The minimum Gasteiger partial charge on any atom is -0.440 e. The van der Waals surface area contributed by atoms with E-state index < -0.39 is 0 Å². The zero-order chi connectivity index (χ0) is 16.4. The number of nitrogens with zero attached hydrogens (tertiary/aromatic N) is 2. The Morgan fingerprint density at radius 2 is 1.92 bits per heavy atom. The van der Waals surface area contributed by atoms with Crippen LogP contribution >= 0.6 is 0 Å². The molecule has 0 bridgehead atoms. The van der Waals surface area contributed by atoms with Gasteiger partial charge in [-0.15, -0.1) is 0 Å². The van der Waals surface area contributed by atoms with Crippen molar-refractivity contribution in [1.29, 1.82) is 0 Å². The number of para-hydroxylation sites is 2. The summed E-state index contributed by atoms with van der Waals surface area (Å²) in [5.41, 5.74) is 1.79. The number of carbonyl (C=O) groups excluding carboxylic acids is 1. The van der Waals surface area contributed by atoms with Crippen LogP contribution in [0.3, 0.4) is 0 Å². The number of oxazole rings is 1. The van der Waals surface area contributed by atoms with E-state index in [1.807, 2.05) is 29.2 Å². The Hall–Kier alpha value is -1.88. The average Bonchev–Trinajstić information content (AvgIpc) is 3.07. The first-order chi connectivity index (χ1) is 11.8. The molecule has 5 nitrogen and oxygen atoms in total. The lowest BCUT2D eigenvalue weighted by Crippen LogP contribution is -3.13. The van der Waals surface area contributed by atoms with Crippen molar-refractivity contribution in [3.8, 4) is 0 Å². The Morgan fingerprint density at radius 1 is 1.17 bits per heavy atom. The number of piperidine rings is 2. The molecule has 2 aromatic rings. The van der Waals surface area contributed by atoms with Gasteiger partial charge >= 0.3 is 0 Å². The first-order valence-corrected chi connectivity index (χ1v) is 9.26. The maximum atomic E-state index is 12.5. The molecule has 4 rings (SSSR count). The van der Waals surface area contributed by atoms with Crippen LogP contribution in [0.25, 0.3) is 11.1 Å². The van der Waals surface area contributed by atoms with Crippen LogP contribution in [-0.4, -0.2) is 48.5 Å². The minimum absolute atomic E-state index is 0.322. The lowest BCUT2D eigenvalue weighted by Gasteiger charge is -2.32. The second-order valence-electron chi connectivity index (χ2n) is 7.16. The lowest BCUT2D eigenvalue weighted by molar-refractivity contribution is -0.897. The van der Waals surface area contributed by atoms with Gasteiger partial charge in [0.15, 0.2) is 18.0 Å². The van der Waals surface area contributed by atoms with Crippen LogP contribution in [0.15, 0.2) is 28.7 Å². The molecule has 24 heavy (non-hydrogen) atoms. The quantitative estimate of drug-likeness (QED) is 0.931. The van der Waals surface area contributed by atoms with Gasteiger partial charge in [-0.1, -0.05) is 12.1 Å². The number of fused-ring (bicyclic) bond motifs is 1. The highest BCUT2D eigenvalue weighted by Crippen LogP contribution is 2.29. The summed E-state index contributed by atoms with van der Waals surface area (Å²) in [7, 11) is 0. The number of hydrogen-bond acceptors (Lipinski definition) is 3. The zero-order valence-electron chi connectivity index (χ0n) is 14.2. The van der Waals surface area contributed by atoms with Crippen LogP contribution < -0.4 is 4.90 Å². The van der Waals surface area contributed by atoms with Gasteiger partial charge < -0.3 is 14.2 Å². The van der Waals surface area contributed by atoms with E-state index in [0.717, 1.165) is 56.0 Å². The third-order valence-corrected chi connectivity index (χ3v) is 5.47. The average molecular weight is 328 g/mol. The molecule has 2 aliphatic heterocycles. The van der Waals surface area contributed by atoms with E-state index in [4.69, 9.17) is 4.42 Å². The SMILES string of the molecule is O=C(C[NH+]1CCCCC1)N1CCC(c2nc3ccccc3o2)CC1. The van der Waals surface area contributed by atoms with Crippen LogP contribution in [0, 0.1) is 0 Å². The van der Waals surface area contributed by atoms with Gasteiger partial charge in [0.25, 0.3) is 5.91 Å². The lowest BCUT2D eigenvalue weighted by atomic mass is 9.96. The number of carbonyl (C=O) groups is 1. The van der Waals surface area contributed by atoms with Gasteiger partial charge in [0.2, 0.25) is 0 Å². The van der Waals surface area contributed by atoms with Crippen LogP contribution in [0.1, 0.15) is 43.9 Å². The molecule has 0 spiro atoms. The molecule has 0 saturated carbocycles. The number of likely N-dealkylation sites (tertiary alicyclic amines) is 2. The molecule has 1 aromatic heterocycles. The van der Waals surface area contributed by atoms with Crippen LogP contribution in [0.2, 0.25) is 0 Å². The fraction of sp³-hybridized carbons (Fsp3) is 0.579. The first kappa shape index (κ1) is 15.6. The van der Waals surface area contributed by atoms with Crippen molar-refractivity contribution in [2.75, 3.05) is 32.7 Å². The highest BCUT2D eigenvalue weighted by Gasteiger charge is 2.29. The fourth-order valence-electron chi connectivity index (χ4n) is 3.99. The summed E-state index contributed by atoms with van der Waals surface area (Å²) in [6, 6.07) is 7.91. The van der Waals surface area contributed by atoms with E-state index in [-0.39, 0.29) is 0 Å². The second kappa shape index (κ2) is 6.93. The molecule has 0 aliphatic carbocycles. The smallest absolute Gasteiger partial charge is 0.277 e. The Balaban J connectivity index is 1.33. The normalized spacial score (nSPS) is 20.6. The second-order valence-corrected chi connectivity index (χ2v) is 7.16. The van der Waals surface area contributed by atoms with E-state index in [9.17, 15) is 4.79 Å². The van der Waals surface area contributed by atoms with Crippen molar-refractivity contribution >= 4 is 17.0 Å². The van der Waals surface area contributed by atoms with Crippen LogP contribution in [0.4, 0.5) is 0 Å². The molecule has 0 radical (unpaired) electrons. The number of amides is 1. The minimum atomic E-state index is 0.322. The molecule has 1 amide bonds. The van der Waals surface area contributed by atoms with E-state index in [2.05, 4.69) is 4.98 Å². The van der Waals surface area contributed by atoms with Crippen molar-refractivity contribution in [1.82, 2.24) is 9.88 Å². The summed E-state index contributed by atoms with van der Waals surface area (Å²) in [5, 5.41) is 0. The third kappa shape index (κ3) is 3.31. The van der Waals surface area contributed by atoms with E-state index in [0.29, 0.717) is 18.4 Å². The maximum Gasteiger partial charge on any atom is 0.277 e. The Labute approximate surface area is 142 Å². The predicted molar refractivity (Wildman–Crippen MR) is 92.0 cm³/mol. The summed E-state index contributed by atoms with van der Waals surface area (Å²) in [6.07, 6.45) is 5.76. The fourth-order valence-corrected chi connectivity index (χ4v) is 3.99. The number of rotatable bonds is 3. The number of aromatic nitrogens is 1. The molecular weight excluding hydrogens is 302 g/mol. The maximum absolute atomic E-state index is 12.5. The number of nitrogens with one attached hydrogen (secondary N) is 1. The molecule has 2 fully saturated rings. The standard InChI is InChI=1S/C19H25N3O2/c23-18(14-21-10-4-1-5-11-21)22-12-8-15(9-13-22)19-20-16-6-2-3-7-17(16)24-19/h2-3,6-7,15H,1,4-5,8-14H2/p+1. The summed E-state index contributed by atoms with van der Waals surface area (Å²) in [5.74, 6) is 1.50. The molecule has 128 valence electrons. The van der Waals surface area contributed by atoms with Gasteiger partial charge in [-0.2, -0.15) is 0 Å². The number of hydrogen-bond donors (Lipinski definition) is 1. The van der Waals surface area contributed by atoms with E-state index in [1.54, 1.807) is 0 Å². The summed E-state index contributed by atoms with van der Waals surface area (Å²) in [4.78, 5) is 20.6. The van der Waals surface area contributed by atoms with Gasteiger partial charge in [0.1, 0.15) is 5.52 Å². The molecule has 2 saturated heterocycles. The summed E-state index contributed by atoms with van der Waals surface area (Å²) in [6.45, 7) is 4.65. The number of benzene rings is 1. The monoisotopic (exact) mass is 328 g/mol. The molecule has 2 aliphatic rings. The summed E-state index contributed by atoms with van der Waals surface area (Å²) >= 11 is 0. The highest BCUT2D eigenvalue weighted by atomic mass is 16.3. The highest BCUT2D eigenvalue weighted by molar-refractivity contribution is 5.77. The predicted octanol–water partition coefficient (Wildman–Crippen LogP) is 1.60. The topological polar surface area (TPSA) is 50.8 Å².